The van der Waals surface area contributed by atoms with Crippen molar-refractivity contribution in [3.05, 3.63) is 53.2 Å². The van der Waals surface area contributed by atoms with Crippen molar-refractivity contribution in [3.8, 4) is 11.4 Å². The molecule has 6 heteroatoms. The minimum Gasteiger partial charge on any atom is -0.435 e. The molecule has 0 radical (unpaired) electrons. The summed E-state index contributed by atoms with van der Waals surface area (Å²) in [6.45, 7) is 3.01. The van der Waals surface area contributed by atoms with Crippen molar-refractivity contribution in [1.29, 1.82) is 0 Å². The van der Waals surface area contributed by atoms with Crippen molar-refractivity contribution in [2.75, 3.05) is 0 Å². The van der Waals surface area contributed by atoms with E-state index in [1.165, 1.54) is 12.1 Å². The van der Waals surface area contributed by atoms with Gasteiger partial charge in [0, 0.05) is 17.0 Å². The van der Waals surface area contributed by atoms with Crippen LogP contribution in [0.1, 0.15) is 41.4 Å². The largest absolute Gasteiger partial charge is 0.435 e. The Kier molecular flexibility index (Phi) is 4.53. The number of carbonyl (C=O) groups excluding carboxylic acids is 1. The first-order valence-corrected chi connectivity index (χ1v) is 7.94. The number of rotatable bonds is 5. The molecule has 0 aliphatic heterocycles. The van der Waals surface area contributed by atoms with Gasteiger partial charge in [-0.05, 0) is 42.7 Å². The molecule has 1 aromatic heterocycles. The number of hydrogen-bond acceptors (Lipinski definition) is 3. The molecule has 0 aliphatic rings. The predicted molar refractivity (Wildman–Crippen MR) is 91.9 cm³/mol. The van der Waals surface area contributed by atoms with Crippen LogP contribution in [-0.2, 0) is 0 Å². The smallest absolute Gasteiger partial charge is 0.387 e. The van der Waals surface area contributed by atoms with E-state index in [0.29, 0.717) is 11.3 Å². The summed E-state index contributed by atoms with van der Waals surface area (Å²) in [5.74, 6) is 0.218. The summed E-state index contributed by atoms with van der Waals surface area (Å²) in [6, 6.07) is 10.1. The number of nitrogens with zero attached hydrogens (tertiary/aromatic N) is 2. The monoisotopic (exact) mass is 344 g/mol. The van der Waals surface area contributed by atoms with E-state index in [1.807, 2.05) is 32.9 Å². The Bertz CT molecular complexity index is 933. The molecule has 0 spiro atoms. The molecule has 3 rings (SSSR count). The Labute approximate surface area is 144 Å². The number of ether oxygens (including phenoxy) is 1. The third-order valence-corrected chi connectivity index (χ3v) is 4.06. The van der Waals surface area contributed by atoms with Gasteiger partial charge >= 0.3 is 6.61 Å². The maximum atomic E-state index is 12.5. The first-order valence-electron chi connectivity index (χ1n) is 7.94. The number of benzene rings is 2. The molecule has 25 heavy (non-hydrogen) atoms. The van der Waals surface area contributed by atoms with Gasteiger partial charge in [-0.2, -0.15) is 13.9 Å². The summed E-state index contributed by atoms with van der Waals surface area (Å²) in [7, 11) is 0. The van der Waals surface area contributed by atoms with Gasteiger partial charge in [0.05, 0.1) is 16.9 Å². The first-order chi connectivity index (χ1) is 11.9. The second-order valence-electron chi connectivity index (χ2n) is 6.17. The van der Waals surface area contributed by atoms with Crippen LogP contribution in [0, 0.1) is 6.92 Å². The highest BCUT2D eigenvalue weighted by Crippen LogP contribution is 2.30. The van der Waals surface area contributed by atoms with Crippen molar-refractivity contribution in [2.45, 2.75) is 33.3 Å². The number of fused-ring (bicyclic) bond motifs is 1. The zero-order valence-electron chi connectivity index (χ0n) is 14.2. The molecule has 0 bridgehead atoms. The van der Waals surface area contributed by atoms with E-state index in [-0.39, 0.29) is 11.7 Å². The molecular weight excluding hydrogens is 326 g/mol. The zero-order valence-corrected chi connectivity index (χ0v) is 14.2. The van der Waals surface area contributed by atoms with Crippen LogP contribution in [0.4, 0.5) is 8.78 Å². The minimum atomic E-state index is -2.88. The van der Waals surface area contributed by atoms with Gasteiger partial charge in [0.2, 0.25) is 0 Å². The SMILES string of the molecule is Cc1cc2c(cc1C=O)c(C(C)C)nn2-c1cccc(OC(F)F)c1. The Morgan fingerprint density at radius 1 is 1.20 bits per heavy atom. The van der Waals surface area contributed by atoms with E-state index >= 15 is 0 Å². The summed E-state index contributed by atoms with van der Waals surface area (Å²) in [6.07, 6.45) is 0.827. The van der Waals surface area contributed by atoms with E-state index in [0.717, 1.165) is 28.4 Å². The summed E-state index contributed by atoms with van der Waals surface area (Å²) in [4.78, 5) is 11.3. The molecule has 4 nitrogen and oxygen atoms in total. The maximum absolute atomic E-state index is 12.5. The van der Waals surface area contributed by atoms with E-state index in [4.69, 9.17) is 0 Å². The van der Waals surface area contributed by atoms with Gasteiger partial charge in [0.1, 0.15) is 12.0 Å². The molecule has 0 amide bonds. The van der Waals surface area contributed by atoms with Crippen LogP contribution < -0.4 is 4.74 Å². The van der Waals surface area contributed by atoms with Crippen molar-refractivity contribution < 1.29 is 18.3 Å². The molecule has 0 unspecified atom stereocenters. The van der Waals surface area contributed by atoms with Crippen molar-refractivity contribution in [3.63, 3.8) is 0 Å². The Morgan fingerprint density at radius 3 is 2.60 bits per heavy atom. The van der Waals surface area contributed by atoms with Gasteiger partial charge in [0.25, 0.3) is 0 Å². The normalized spacial score (nSPS) is 11.5. The van der Waals surface area contributed by atoms with Crippen molar-refractivity contribution in [1.82, 2.24) is 9.78 Å². The fourth-order valence-electron chi connectivity index (χ4n) is 2.85. The molecule has 0 fully saturated rings. The number of halogens is 2. The fraction of sp³-hybridized carbons (Fsp3) is 0.263. The Morgan fingerprint density at radius 2 is 1.96 bits per heavy atom. The summed E-state index contributed by atoms with van der Waals surface area (Å²) < 4.78 is 31.1. The Balaban J connectivity index is 2.23. The first kappa shape index (κ1) is 17.1. The second-order valence-corrected chi connectivity index (χ2v) is 6.17. The van der Waals surface area contributed by atoms with Crippen LogP contribution >= 0.6 is 0 Å². The lowest BCUT2D eigenvalue weighted by molar-refractivity contribution is -0.0498. The van der Waals surface area contributed by atoms with Gasteiger partial charge in [-0.1, -0.05) is 19.9 Å². The molecule has 0 atom stereocenters. The van der Waals surface area contributed by atoms with Gasteiger partial charge in [-0.15, -0.1) is 0 Å². The third-order valence-electron chi connectivity index (χ3n) is 4.06. The molecular formula is C19H18F2N2O2. The average Bonchev–Trinajstić information content (AvgIpc) is 2.92. The zero-order chi connectivity index (χ0) is 18.1. The van der Waals surface area contributed by atoms with E-state index in [1.54, 1.807) is 16.8 Å². The molecule has 130 valence electrons. The molecule has 0 saturated heterocycles. The molecule has 0 N–H and O–H groups in total. The van der Waals surface area contributed by atoms with Crippen LogP contribution in [0.3, 0.4) is 0 Å². The van der Waals surface area contributed by atoms with E-state index < -0.39 is 6.61 Å². The van der Waals surface area contributed by atoms with Crippen LogP contribution in [0.25, 0.3) is 16.6 Å². The average molecular weight is 344 g/mol. The topological polar surface area (TPSA) is 44.1 Å². The summed E-state index contributed by atoms with van der Waals surface area (Å²) in [5, 5.41) is 5.53. The third kappa shape index (κ3) is 3.24. The van der Waals surface area contributed by atoms with Crippen LogP contribution in [-0.4, -0.2) is 22.7 Å². The van der Waals surface area contributed by atoms with Gasteiger partial charge in [-0.3, -0.25) is 4.79 Å². The molecule has 3 aromatic rings. The number of carbonyl (C=O) groups is 1. The molecule has 2 aromatic carbocycles. The minimum absolute atomic E-state index is 0.0727. The number of hydrogen-bond donors (Lipinski definition) is 0. The van der Waals surface area contributed by atoms with Gasteiger partial charge < -0.3 is 4.74 Å². The van der Waals surface area contributed by atoms with E-state index in [9.17, 15) is 13.6 Å². The molecule has 1 heterocycles. The number of aromatic nitrogens is 2. The lowest BCUT2D eigenvalue weighted by atomic mass is 10.0. The van der Waals surface area contributed by atoms with Crippen molar-refractivity contribution >= 4 is 17.2 Å². The van der Waals surface area contributed by atoms with Crippen molar-refractivity contribution in [2.24, 2.45) is 0 Å². The summed E-state index contributed by atoms with van der Waals surface area (Å²) >= 11 is 0. The lowest BCUT2D eigenvalue weighted by Gasteiger charge is -2.08. The lowest BCUT2D eigenvalue weighted by Crippen LogP contribution is -2.03. The highest BCUT2D eigenvalue weighted by molar-refractivity contribution is 5.91. The Hall–Kier alpha value is -2.76. The van der Waals surface area contributed by atoms with Crippen LogP contribution in [0.15, 0.2) is 36.4 Å². The second kappa shape index (κ2) is 6.63. The summed E-state index contributed by atoms with van der Waals surface area (Å²) in [5.41, 5.74) is 3.73. The number of aldehydes is 1. The van der Waals surface area contributed by atoms with Gasteiger partial charge in [0.15, 0.2) is 0 Å². The van der Waals surface area contributed by atoms with Gasteiger partial charge in [-0.25, -0.2) is 4.68 Å². The number of alkyl halides is 2. The van der Waals surface area contributed by atoms with Crippen LogP contribution in [0.5, 0.6) is 5.75 Å². The quantitative estimate of drug-likeness (QED) is 0.620. The fourth-order valence-corrected chi connectivity index (χ4v) is 2.85. The van der Waals surface area contributed by atoms with Crippen LogP contribution in [0.2, 0.25) is 0 Å². The molecule has 0 aliphatic carbocycles. The standard InChI is InChI=1S/C19H18F2N2O2/c1-11(2)18-16-8-13(10-24)12(3)7-17(16)23(22-18)14-5-4-6-15(9-14)25-19(20)21/h4-11,19H,1-3H3. The highest BCUT2D eigenvalue weighted by Gasteiger charge is 2.17. The highest BCUT2D eigenvalue weighted by atomic mass is 19.3. The van der Waals surface area contributed by atoms with E-state index in [2.05, 4.69) is 9.84 Å². The number of aryl methyl sites for hydroxylation is 1. The molecule has 0 saturated carbocycles. The maximum Gasteiger partial charge on any atom is 0.387 e. The predicted octanol–water partition coefficient (Wildman–Crippen LogP) is 4.87.